The Labute approximate surface area is 195 Å². The van der Waals surface area contributed by atoms with Crippen LogP contribution >= 0.6 is 0 Å². The van der Waals surface area contributed by atoms with E-state index < -0.39 is 0 Å². The van der Waals surface area contributed by atoms with Crippen molar-refractivity contribution in [1.29, 1.82) is 0 Å². The molecule has 4 heteroatoms. The highest BCUT2D eigenvalue weighted by atomic mass is 16.3. The van der Waals surface area contributed by atoms with Crippen molar-refractivity contribution in [3.63, 3.8) is 0 Å². The number of ketones is 1. The number of rotatable bonds is 4. The van der Waals surface area contributed by atoms with Gasteiger partial charge in [0.1, 0.15) is 5.76 Å². The predicted molar refractivity (Wildman–Crippen MR) is 134 cm³/mol. The topological polar surface area (TPSA) is 75.7 Å². The molecule has 2 aliphatic rings. The Balaban J connectivity index is 1.81. The lowest BCUT2D eigenvalue weighted by Gasteiger charge is -2.31. The number of aryl methyl sites for hydroxylation is 1. The maximum atomic E-state index is 12.2. The van der Waals surface area contributed by atoms with Gasteiger partial charge in [-0.25, -0.2) is 0 Å². The first-order valence-corrected chi connectivity index (χ1v) is 11.2. The highest BCUT2D eigenvalue weighted by Crippen LogP contribution is 2.41. The van der Waals surface area contributed by atoms with E-state index in [0.717, 1.165) is 16.7 Å². The van der Waals surface area contributed by atoms with Crippen molar-refractivity contribution in [1.82, 2.24) is 0 Å². The Morgan fingerprint density at radius 1 is 1.15 bits per heavy atom. The number of hydrogen-bond donors (Lipinski definition) is 2. The number of allylic oxidation sites excluding steroid dienone is 3. The van der Waals surface area contributed by atoms with Gasteiger partial charge in [-0.15, -0.1) is 12.5 Å². The second-order valence-corrected chi connectivity index (χ2v) is 9.74. The van der Waals surface area contributed by atoms with Crippen LogP contribution in [0.5, 0.6) is 0 Å². The standard InChI is InChI=1S/C29H30N2O2/c1-6-29(5)15-7-14-28(3,4)22-16-18(2)21(17-23(22)29)27(31-30)20-10-8-19(9-11-20)26-24(32)12-13-25(26)33/h6,8-11,16-17,32H,1,12-13,15,30H2,2-5H3/b31-27+. The van der Waals surface area contributed by atoms with Crippen molar-refractivity contribution in [3.05, 3.63) is 88.2 Å². The molecule has 0 radical (unpaired) electrons. The van der Waals surface area contributed by atoms with Gasteiger partial charge in [-0.1, -0.05) is 49.3 Å². The van der Waals surface area contributed by atoms with Gasteiger partial charge >= 0.3 is 0 Å². The van der Waals surface area contributed by atoms with Crippen LogP contribution in [0.2, 0.25) is 0 Å². The minimum Gasteiger partial charge on any atom is -0.512 e. The summed E-state index contributed by atoms with van der Waals surface area (Å²) in [6.45, 7) is 12.6. The first-order chi connectivity index (χ1) is 15.6. The zero-order chi connectivity index (χ0) is 24.0. The molecule has 3 N–H and O–H groups in total. The SMILES string of the molecule is C=CC1(C)CC#CC(C)(C)c2cc(C)c(/C(=N/N)c3ccc(C4=C(O)CCC4=O)cc3)cc21. The van der Waals surface area contributed by atoms with Crippen LogP contribution in [0.4, 0.5) is 0 Å². The van der Waals surface area contributed by atoms with Crippen LogP contribution < -0.4 is 5.84 Å². The van der Waals surface area contributed by atoms with Crippen LogP contribution in [-0.4, -0.2) is 16.6 Å². The van der Waals surface area contributed by atoms with Crippen LogP contribution in [0.1, 0.15) is 73.4 Å². The number of hydrogen-bond acceptors (Lipinski definition) is 4. The van der Waals surface area contributed by atoms with Crippen molar-refractivity contribution >= 4 is 17.1 Å². The largest absolute Gasteiger partial charge is 0.512 e. The van der Waals surface area contributed by atoms with Crippen molar-refractivity contribution in [3.8, 4) is 11.8 Å². The minimum atomic E-state index is -0.283. The number of fused-ring (bicyclic) bond motifs is 1. The molecule has 0 amide bonds. The maximum absolute atomic E-state index is 12.2. The van der Waals surface area contributed by atoms with Crippen LogP contribution in [0.3, 0.4) is 0 Å². The molecule has 0 aromatic heterocycles. The Kier molecular flexibility index (Phi) is 5.54. The number of carbonyl (C=O) groups excluding carboxylic acids is 1. The highest BCUT2D eigenvalue weighted by Gasteiger charge is 2.34. The number of hydrazone groups is 1. The first-order valence-electron chi connectivity index (χ1n) is 11.2. The summed E-state index contributed by atoms with van der Waals surface area (Å²) in [4.78, 5) is 12.2. The molecule has 1 unspecified atom stereocenters. The van der Waals surface area contributed by atoms with Crippen molar-refractivity contribution in [2.45, 2.75) is 57.8 Å². The lowest BCUT2D eigenvalue weighted by atomic mass is 9.72. The lowest BCUT2D eigenvalue weighted by Crippen LogP contribution is -2.25. The third-order valence-corrected chi connectivity index (χ3v) is 6.95. The predicted octanol–water partition coefficient (Wildman–Crippen LogP) is 5.47. The van der Waals surface area contributed by atoms with Crippen LogP contribution in [0.15, 0.2) is 59.9 Å². The van der Waals surface area contributed by atoms with Crippen molar-refractivity contribution in [2.24, 2.45) is 10.9 Å². The first kappa shape index (κ1) is 22.6. The van der Waals surface area contributed by atoms with Gasteiger partial charge in [-0.2, -0.15) is 5.10 Å². The van der Waals surface area contributed by atoms with Crippen molar-refractivity contribution < 1.29 is 9.90 Å². The van der Waals surface area contributed by atoms with Gasteiger partial charge in [0.2, 0.25) is 0 Å². The van der Waals surface area contributed by atoms with Crippen LogP contribution in [0, 0.1) is 18.8 Å². The number of Topliss-reactive ketones (excluding diaryl/α,β-unsaturated/α-hetero) is 1. The smallest absolute Gasteiger partial charge is 0.167 e. The minimum absolute atomic E-state index is 0.0249. The van der Waals surface area contributed by atoms with Gasteiger partial charge < -0.3 is 10.9 Å². The lowest BCUT2D eigenvalue weighted by molar-refractivity contribution is -0.113. The zero-order valence-electron chi connectivity index (χ0n) is 19.7. The fourth-order valence-corrected chi connectivity index (χ4v) is 4.81. The molecule has 0 heterocycles. The van der Waals surface area contributed by atoms with Crippen LogP contribution in [-0.2, 0) is 15.6 Å². The van der Waals surface area contributed by atoms with Gasteiger partial charge in [0.05, 0.1) is 16.7 Å². The molecule has 1 atom stereocenters. The second-order valence-electron chi connectivity index (χ2n) is 9.74. The quantitative estimate of drug-likeness (QED) is 0.219. The van der Waals surface area contributed by atoms with E-state index in [1.807, 2.05) is 30.3 Å². The second kappa shape index (κ2) is 8.08. The molecule has 0 aliphatic heterocycles. The molecule has 168 valence electrons. The van der Waals surface area contributed by atoms with E-state index in [-0.39, 0.29) is 22.4 Å². The molecule has 0 fully saturated rings. The molecule has 4 nitrogen and oxygen atoms in total. The average Bonchev–Trinajstić information content (AvgIpc) is 3.08. The zero-order valence-corrected chi connectivity index (χ0v) is 19.7. The molecule has 0 saturated carbocycles. The Hall–Kier alpha value is -3.58. The van der Waals surface area contributed by atoms with Gasteiger partial charge in [0.15, 0.2) is 5.78 Å². The maximum Gasteiger partial charge on any atom is 0.167 e. The molecule has 4 rings (SSSR count). The molecule has 0 bridgehead atoms. The molecule has 2 aromatic carbocycles. The van der Waals surface area contributed by atoms with E-state index in [4.69, 9.17) is 5.84 Å². The normalized spacial score (nSPS) is 21.8. The number of nitrogens with zero attached hydrogens (tertiary/aromatic N) is 1. The van der Waals surface area contributed by atoms with Gasteiger partial charge in [-0.05, 0) is 49.1 Å². The summed E-state index contributed by atoms with van der Waals surface area (Å²) < 4.78 is 0. The number of nitrogens with two attached hydrogens (primary N) is 1. The Morgan fingerprint density at radius 2 is 1.85 bits per heavy atom. The highest BCUT2D eigenvalue weighted by molar-refractivity contribution is 6.23. The third-order valence-electron chi connectivity index (χ3n) is 6.95. The van der Waals surface area contributed by atoms with Gasteiger partial charge in [-0.3, -0.25) is 4.79 Å². The number of benzene rings is 2. The van der Waals surface area contributed by atoms with Gasteiger partial charge in [0, 0.05) is 35.8 Å². The van der Waals surface area contributed by atoms with E-state index in [1.54, 1.807) is 0 Å². The number of carbonyl (C=O) groups is 1. The summed E-state index contributed by atoms with van der Waals surface area (Å²) in [5.74, 6) is 12.8. The monoisotopic (exact) mass is 438 g/mol. The molecule has 2 aromatic rings. The van der Waals surface area contributed by atoms with E-state index in [9.17, 15) is 9.90 Å². The summed E-state index contributed by atoms with van der Waals surface area (Å²) in [7, 11) is 0. The third kappa shape index (κ3) is 3.78. The summed E-state index contributed by atoms with van der Waals surface area (Å²) in [6, 6.07) is 11.9. The summed E-state index contributed by atoms with van der Waals surface area (Å²) in [6.07, 6.45) is 3.44. The van der Waals surface area contributed by atoms with E-state index in [1.165, 1.54) is 11.1 Å². The van der Waals surface area contributed by atoms with Crippen LogP contribution in [0.25, 0.3) is 5.57 Å². The van der Waals surface area contributed by atoms with E-state index in [0.29, 0.717) is 36.1 Å². The fourth-order valence-electron chi connectivity index (χ4n) is 4.81. The Bertz CT molecular complexity index is 1280. The van der Waals surface area contributed by atoms with E-state index in [2.05, 4.69) is 63.3 Å². The van der Waals surface area contributed by atoms with Gasteiger partial charge in [0.25, 0.3) is 0 Å². The Morgan fingerprint density at radius 3 is 2.42 bits per heavy atom. The summed E-state index contributed by atoms with van der Waals surface area (Å²) >= 11 is 0. The average molecular weight is 439 g/mol. The molecular weight excluding hydrogens is 408 g/mol. The summed E-state index contributed by atoms with van der Waals surface area (Å²) in [5.41, 5.74) is 6.48. The summed E-state index contributed by atoms with van der Waals surface area (Å²) in [5, 5.41) is 14.3. The fraction of sp³-hybridized carbons (Fsp3) is 0.310. The van der Waals surface area contributed by atoms with E-state index >= 15 is 0 Å². The number of aliphatic hydroxyl groups is 1. The van der Waals surface area contributed by atoms with Crippen molar-refractivity contribution in [2.75, 3.05) is 0 Å². The molecule has 0 saturated heterocycles. The molecule has 33 heavy (non-hydrogen) atoms. The molecular formula is C29H30N2O2. The molecule has 0 spiro atoms. The molecule has 2 aliphatic carbocycles. The number of aliphatic hydroxyl groups excluding tert-OH is 1.